The molecule has 0 saturated heterocycles. The van der Waals surface area contributed by atoms with E-state index in [4.69, 9.17) is 4.74 Å². The molecule has 0 atom stereocenters. The first kappa shape index (κ1) is 17.7. The van der Waals surface area contributed by atoms with E-state index in [1.54, 1.807) is 6.20 Å². The summed E-state index contributed by atoms with van der Waals surface area (Å²) in [6.07, 6.45) is 1.78. The fourth-order valence-corrected chi connectivity index (χ4v) is 2.18. The summed E-state index contributed by atoms with van der Waals surface area (Å²) in [5, 5.41) is 7.27. The van der Waals surface area contributed by atoms with Crippen LogP contribution < -0.4 is 10.6 Å². The highest BCUT2D eigenvalue weighted by Crippen LogP contribution is 2.15. The molecule has 0 saturated carbocycles. The summed E-state index contributed by atoms with van der Waals surface area (Å²) in [5.41, 5.74) is -0.105. The zero-order valence-corrected chi connectivity index (χ0v) is 14.3. The highest BCUT2D eigenvalue weighted by atomic mass is 16.6. The van der Waals surface area contributed by atoms with Crippen molar-refractivity contribution in [3.8, 4) is 0 Å². The summed E-state index contributed by atoms with van der Waals surface area (Å²) in [6.45, 7) is 6.30. The van der Waals surface area contributed by atoms with Crippen LogP contribution in [0.5, 0.6) is 0 Å². The minimum atomic E-state index is -0.516. The smallest absolute Gasteiger partial charge is 0.407 e. The monoisotopic (exact) mass is 329 g/mol. The molecule has 0 radical (unpaired) electrons. The maximum Gasteiger partial charge on any atom is 0.407 e. The van der Waals surface area contributed by atoms with E-state index in [2.05, 4.69) is 15.6 Å². The van der Waals surface area contributed by atoms with Crippen LogP contribution >= 0.6 is 0 Å². The van der Waals surface area contributed by atoms with E-state index in [0.29, 0.717) is 25.2 Å². The second-order valence-corrected chi connectivity index (χ2v) is 6.42. The fraction of sp³-hybridized carbons (Fsp3) is 0.389. The lowest BCUT2D eigenvalue weighted by Gasteiger charge is -2.19. The number of alkyl carbamates (subject to hydrolysis) is 1. The molecular formula is C18H23N3O3. The lowest BCUT2D eigenvalue weighted by Crippen LogP contribution is -2.34. The number of hydrogen-bond donors (Lipinski definition) is 2. The van der Waals surface area contributed by atoms with Crippen LogP contribution in [0.25, 0.3) is 10.8 Å². The Morgan fingerprint density at radius 3 is 2.54 bits per heavy atom. The van der Waals surface area contributed by atoms with E-state index in [1.165, 1.54) is 0 Å². The van der Waals surface area contributed by atoms with Gasteiger partial charge < -0.3 is 15.4 Å². The van der Waals surface area contributed by atoms with Gasteiger partial charge in [0.2, 0.25) is 0 Å². The highest BCUT2D eigenvalue weighted by molar-refractivity contribution is 6.05. The molecule has 2 aromatic rings. The maximum atomic E-state index is 12.3. The number of benzene rings is 1. The summed E-state index contributed by atoms with van der Waals surface area (Å²) in [4.78, 5) is 27.9. The van der Waals surface area contributed by atoms with Gasteiger partial charge in [0.25, 0.3) is 5.91 Å². The topological polar surface area (TPSA) is 80.3 Å². The first-order valence-electron chi connectivity index (χ1n) is 7.95. The summed E-state index contributed by atoms with van der Waals surface area (Å²) in [7, 11) is 0. The van der Waals surface area contributed by atoms with Crippen molar-refractivity contribution in [2.24, 2.45) is 0 Å². The van der Waals surface area contributed by atoms with E-state index < -0.39 is 11.7 Å². The van der Waals surface area contributed by atoms with Crippen LogP contribution in [-0.4, -0.2) is 35.7 Å². The van der Waals surface area contributed by atoms with Gasteiger partial charge in [-0.15, -0.1) is 0 Å². The Labute approximate surface area is 141 Å². The largest absolute Gasteiger partial charge is 0.444 e. The van der Waals surface area contributed by atoms with Crippen LogP contribution in [-0.2, 0) is 4.74 Å². The molecule has 2 amide bonds. The van der Waals surface area contributed by atoms with E-state index in [0.717, 1.165) is 10.8 Å². The number of aromatic nitrogens is 1. The van der Waals surface area contributed by atoms with Crippen LogP contribution in [0.2, 0.25) is 0 Å². The van der Waals surface area contributed by atoms with Gasteiger partial charge in [-0.1, -0.05) is 24.3 Å². The normalized spacial score (nSPS) is 11.1. The molecule has 1 heterocycles. The van der Waals surface area contributed by atoms with Crippen molar-refractivity contribution in [3.63, 3.8) is 0 Å². The molecule has 1 aromatic heterocycles. The fourth-order valence-electron chi connectivity index (χ4n) is 2.18. The Morgan fingerprint density at radius 1 is 1.08 bits per heavy atom. The van der Waals surface area contributed by atoms with Crippen LogP contribution in [0.15, 0.2) is 36.5 Å². The number of hydrogen-bond acceptors (Lipinski definition) is 4. The van der Waals surface area contributed by atoms with Crippen molar-refractivity contribution in [3.05, 3.63) is 42.2 Å². The molecule has 2 N–H and O–H groups in total. The summed E-state index contributed by atoms with van der Waals surface area (Å²) in [5.74, 6) is -0.218. The number of nitrogens with zero attached hydrogens (tertiary/aromatic N) is 1. The SMILES string of the molecule is CC(C)(C)OC(=O)NCCCNC(=O)c1nccc2ccccc12. The summed E-state index contributed by atoms with van der Waals surface area (Å²) >= 11 is 0. The van der Waals surface area contributed by atoms with Crippen molar-refractivity contribution >= 4 is 22.8 Å². The van der Waals surface area contributed by atoms with Crippen molar-refractivity contribution in [1.82, 2.24) is 15.6 Å². The van der Waals surface area contributed by atoms with Gasteiger partial charge in [0.05, 0.1) is 0 Å². The number of pyridine rings is 1. The molecule has 0 aliphatic carbocycles. The Morgan fingerprint density at radius 2 is 1.79 bits per heavy atom. The third-order valence-electron chi connectivity index (χ3n) is 3.20. The van der Waals surface area contributed by atoms with Gasteiger partial charge in [-0.05, 0) is 38.6 Å². The maximum absolute atomic E-state index is 12.3. The summed E-state index contributed by atoms with van der Waals surface area (Å²) in [6, 6.07) is 9.49. The number of carbonyl (C=O) groups is 2. The Bertz CT molecular complexity index is 718. The molecule has 128 valence electrons. The van der Waals surface area contributed by atoms with Gasteiger partial charge in [0.15, 0.2) is 0 Å². The standard InChI is InChI=1S/C18H23N3O3/c1-18(2,3)24-17(23)21-11-6-10-20-16(22)15-14-8-5-4-7-13(14)9-12-19-15/h4-5,7-9,12H,6,10-11H2,1-3H3,(H,20,22)(H,21,23). The van der Waals surface area contributed by atoms with Gasteiger partial charge in [0.1, 0.15) is 11.3 Å². The van der Waals surface area contributed by atoms with Crippen molar-refractivity contribution in [2.75, 3.05) is 13.1 Å². The van der Waals surface area contributed by atoms with Gasteiger partial charge >= 0.3 is 6.09 Å². The van der Waals surface area contributed by atoms with Gasteiger partial charge in [-0.2, -0.15) is 0 Å². The average Bonchev–Trinajstić information content (AvgIpc) is 2.52. The lowest BCUT2D eigenvalue weighted by molar-refractivity contribution is 0.0527. The third-order valence-corrected chi connectivity index (χ3v) is 3.20. The van der Waals surface area contributed by atoms with Crippen LogP contribution in [0, 0.1) is 0 Å². The zero-order chi connectivity index (χ0) is 17.6. The summed E-state index contributed by atoms with van der Waals surface area (Å²) < 4.78 is 5.14. The molecular weight excluding hydrogens is 306 g/mol. The second kappa shape index (κ2) is 7.77. The van der Waals surface area contributed by atoms with Crippen molar-refractivity contribution in [2.45, 2.75) is 32.8 Å². The average molecular weight is 329 g/mol. The van der Waals surface area contributed by atoms with Crippen LogP contribution in [0.1, 0.15) is 37.7 Å². The molecule has 2 rings (SSSR count). The van der Waals surface area contributed by atoms with Gasteiger partial charge in [0, 0.05) is 24.7 Å². The van der Waals surface area contributed by atoms with Crippen LogP contribution in [0.4, 0.5) is 4.79 Å². The molecule has 24 heavy (non-hydrogen) atoms. The van der Waals surface area contributed by atoms with E-state index >= 15 is 0 Å². The minimum Gasteiger partial charge on any atom is -0.444 e. The third kappa shape index (κ3) is 5.22. The highest BCUT2D eigenvalue weighted by Gasteiger charge is 2.15. The predicted molar refractivity (Wildman–Crippen MR) is 92.9 cm³/mol. The molecule has 6 nitrogen and oxygen atoms in total. The predicted octanol–water partition coefficient (Wildman–Crippen LogP) is 2.88. The number of rotatable bonds is 5. The lowest BCUT2D eigenvalue weighted by atomic mass is 10.1. The first-order valence-corrected chi connectivity index (χ1v) is 7.95. The molecule has 0 fully saturated rings. The molecule has 6 heteroatoms. The Balaban J connectivity index is 1.78. The zero-order valence-electron chi connectivity index (χ0n) is 14.3. The van der Waals surface area contributed by atoms with Gasteiger partial charge in [-0.3, -0.25) is 9.78 Å². The number of ether oxygens (including phenoxy) is 1. The first-order chi connectivity index (χ1) is 11.4. The van der Waals surface area contributed by atoms with Crippen LogP contribution in [0.3, 0.4) is 0 Å². The van der Waals surface area contributed by atoms with E-state index in [-0.39, 0.29) is 5.91 Å². The molecule has 0 aliphatic heterocycles. The second-order valence-electron chi connectivity index (χ2n) is 6.42. The Hall–Kier alpha value is -2.63. The van der Waals surface area contributed by atoms with E-state index in [9.17, 15) is 9.59 Å². The molecule has 1 aromatic carbocycles. The van der Waals surface area contributed by atoms with Gasteiger partial charge in [-0.25, -0.2) is 4.79 Å². The van der Waals surface area contributed by atoms with E-state index in [1.807, 2.05) is 51.1 Å². The Kier molecular flexibility index (Phi) is 5.73. The quantitative estimate of drug-likeness (QED) is 0.827. The molecule has 0 bridgehead atoms. The molecule has 0 spiro atoms. The number of amides is 2. The minimum absolute atomic E-state index is 0.218. The van der Waals surface area contributed by atoms with Crippen molar-refractivity contribution in [1.29, 1.82) is 0 Å². The molecule has 0 aliphatic rings. The number of nitrogens with one attached hydrogen (secondary N) is 2. The number of fused-ring (bicyclic) bond motifs is 1. The number of carbonyl (C=O) groups excluding carboxylic acids is 2. The van der Waals surface area contributed by atoms with Crippen molar-refractivity contribution < 1.29 is 14.3 Å². The molecule has 0 unspecified atom stereocenters.